The minimum absolute atomic E-state index is 0.00299. The van der Waals surface area contributed by atoms with Crippen LogP contribution < -0.4 is 10.6 Å². The highest BCUT2D eigenvalue weighted by atomic mass is 16.2. The Morgan fingerprint density at radius 1 is 0.955 bits per heavy atom. The molecule has 0 fully saturated rings. The minimum atomic E-state index is -0.128. The highest BCUT2D eigenvalue weighted by Crippen LogP contribution is 2.14. The zero-order chi connectivity index (χ0) is 16.1. The van der Waals surface area contributed by atoms with E-state index in [9.17, 15) is 9.59 Å². The molecule has 2 N–H and O–H groups in total. The van der Waals surface area contributed by atoms with E-state index < -0.39 is 0 Å². The van der Waals surface area contributed by atoms with Crippen molar-refractivity contribution in [3.05, 3.63) is 59.2 Å². The molecular formula is C18H20N2O2. The van der Waals surface area contributed by atoms with Gasteiger partial charge in [-0.2, -0.15) is 0 Å². The molecule has 0 unspecified atom stereocenters. The molecule has 0 heterocycles. The minimum Gasteiger partial charge on any atom is -0.376 e. The van der Waals surface area contributed by atoms with Gasteiger partial charge >= 0.3 is 0 Å². The van der Waals surface area contributed by atoms with Crippen LogP contribution in [-0.4, -0.2) is 18.2 Å². The van der Waals surface area contributed by atoms with E-state index >= 15 is 0 Å². The number of anilines is 2. The van der Waals surface area contributed by atoms with E-state index in [1.165, 1.54) is 12.5 Å². The third-order valence-corrected chi connectivity index (χ3v) is 3.51. The van der Waals surface area contributed by atoms with Gasteiger partial charge in [-0.15, -0.1) is 0 Å². The second-order valence-corrected chi connectivity index (χ2v) is 5.34. The summed E-state index contributed by atoms with van der Waals surface area (Å²) in [5.41, 5.74) is 4.49. The summed E-state index contributed by atoms with van der Waals surface area (Å²) < 4.78 is 0. The Morgan fingerprint density at radius 2 is 1.73 bits per heavy atom. The van der Waals surface area contributed by atoms with Gasteiger partial charge in [0.25, 0.3) is 0 Å². The summed E-state index contributed by atoms with van der Waals surface area (Å²) in [5, 5.41) is 5.87. The van der Waals surface area contributed by atoms with Crippen LogP contribution in [0.1, 0.15) is 28.4 Å². The first kappa shape index (κ1) is 15.8. The Balaban J connectivity index is 1.94. The fraction of sp³-hybridized carbons (Fsp3) is 0.222. The van der Waals surface area contributed by atoms with Crippen molar-refractivity contribution >= 4 is 23.1 Å². The third kappa shape index (κ3) is 4.19. The zero-order valence-corrected chi connectivity index (χ0v) is 13.1. The standard InChI is InChI=1S/C18H20N2O2/c1-12-7-8-17(9-13(12)2)20-18(22)11-19-16-6-4-5-15(10-16)14(3)21/h4-10,19H,11H2,1-3H3,(H,20,22). The molecule has 4 nitrogen and oxygen atoms in total. The Kier molecular flexibility index (Phi) is 4.94. The average molecular weight is 296 g/mol. The number of hydrogen-bond donors (Lipinski definition) is 2. The van der Waals surface area contributed by atoms with Crippen LogP contribution in [0.4, 0.5) is 11.4 Å². The van der Waals surface area contributed by atoms with Gasteiger partial charge < -0.3 is 10.6 Å². The van der Waals surface area contributed by atoms with Crippen LogP contribution in [0.3, 0.4) is 0 Å². The summed E-state index contributed by atoms with van der Waals surface area (Å²) in [4.78, 5) is 23.3. The number of benzene rings is 2. The molecule has 22 heavy (non-hydrogen) atoms. The molecule has 0 aromatic heterocycles. The van der Waals surface area contributed by atoms with Gasteiger partial charge in [0.15, 0.2) is 5.78 Å². The lowest BCUT2D eigenvalue weighted by Gasteiger charge is -2.10. The fourth-order valence-corrected chi connectivity index (χ4v) is 2.05. The molecular weight excluding hydrogens is 276 g/mol. The van der Waals surface area contributed by atoms with Gasteiger partial charge in [-0.05, 0) is 56.2 Å². The van der Waals surface area contributed by atoms with Gasteiger partial charge in [-0.1, -0.05) is 18.2 Å². The van der Waals surface area contributed by atoms with E-state index in [-0.39, 0.29) is 18.2 Å². The van der Waals surface area contributed by atoms with Gasteiger partial charge in [0.2, 0.25) is 5.91 Å². The van der Waals surface area contributed by atoms with E-state index in [1.807, 2.05) is 38.1 Å². The predicted molar refractivity (Wildman–Crippen MR) is 89.5 cm³/mol. The molecule has 0 aliphatic heterocycles. The quantitative estimate of drug-likeness (QED) is 0.829. The third-order valence-electron chi connectivity index (χ3n) is 3.51. The number of carbonyl (C=O) groups is 2. The maximum atomic E-state index is 12.0. The topological polar surface area (TPSA) is 58.2 Å². The first-order valence-corrected chi connectivity index (χ1v) is 7.17. The van der Waals surface area contributed by atoms with E-state index in [4.69, 9.17) is 0 Å². The molecule has 2 aromatic rings. The zero-order valence-electron chi connectivity index (χ0n) is 13.1. The highest BCUT2D eigenvalue weighted by molar-refractivity contribution is 5.96. The van der Waals surface area contributed by atoms with Crippen molar-refractivity contribution in [1.82, 2.24) is 0 Å². The molecule has 0 saturated carbocycles. The molecule has 0 radical (unpaired) electrons. The number of nitrogens with one attached hydrogen (secondary N) is 2. The second kappa shape index (κ2) is 6.89. The van der Waals surface area contributed by atoms with E-state index in [1.54, 1.807) is 18.2 Å². The smallest absolute Gasteiger partial charge is 0.243 e. The van der Waals surface area contributed by atoms with E-state index in [2.05, 4.69) is 10.6 Å². The van der Waals surface area contributed by atoms with Crippen LogP contribution in [0.25, 0.3) is 0 Å². The van der Waals surface area contributed by atoms with Crippen molar-refractivity contribution in [2.45, 2.75) is 20.8 Å². The summed E-state index contributed by atoms with van der Waals surface area (Å²) >= 11 is 0. The first-order valence-electron chi connectivity index (χ1n) is 7.17. The van der Waals surface area contributed by atoms with Crippen molar-refractivity contribution in [2.24, 2.45) is 0 Å². The molecule has 2 aromatic carbocycles. The summed E-state index contributed by atoms with van der Waals surface area (Å²) in [6.45, 7) is 5.71. The fourth-order valence-electron chi connectivity index (χ4n) is 2.05. The summed E-state index contributed by atoms with van der Waals surface area (Å²) in [6, 6.07) is 12.9. The van der Waals surface area contributed by atoms with E-state index in [0.717, 1.165) is 16.9 Å². The Hall–Kier alpha value is -2.62. The highest BCUT2D eigenvalue weighted by Gasteiger charge is 2.05. The number of ketones is 1. The Labute approximate surface area is 130 Å². The van der Waals surface area contributed by atoms with Gasteiger partial charge in [0.05, 0.1) is 6.54 Å². The van der Waals surface area contributed by atoms with Crippen LogP contribution >= 0.6 is 0 Å². The molecule has 0 aliphatic carbocycles. The van der Waals surface area contributed by atoms with Crippen LogP contribution in [0.2, 0.25) is 0 Å². The summed E-state index contributed by atoms with van der Waals surface area (Å²) in [7, 11) is 0. The maximum absolute atomic E-state index is 12.0. The first-order chi connectivity index (χ1) is 10.5. The van der Waals surface area contributed by atoms with Crippen molar-refractivity contribution in [1.29, 1.82) is 0 Å². The second-order valence-electron chi connectivity index (χ2n) is 5.34. The van der Waals surface area contributed by atoms with Crippen molar-refractivity contribution < 1.29 is 9.59 Å². The normalized spacial score (nSPS) is 10.1. The van der Waals surface area contributed by atoms with Gasteiger partial charge in [0.1, 0.15) is 0 Å². The molecule has 0 aliphatic rings. The number of amides is 1. The number of rotatable bonds is 5. The van der Waals surface area contributed by atoms with Crippen LogP contribution in [-0.2, 0) is 4.79 Å². The lowest BCUT2D eigenvalue weighted by Crippen LogP contribution is -2.21. The van der Waals surface area contributed by atoms with Gasteiger partial charge in [-0.25, -0.2) is 0 Å². The molecule has 0 atom stereocenters. The largest absolute Gasteiger partial charge is 0.376 e. The van der Waals surface area contributed by atoms with Gasteiger partial charge in [-0.3, -0.25) is 9.59 Å². The molecule has 1 amide bonds. The summed E-state index contributed by atoms with van der Waals surface area (Å²) in [5.74, 6) is -0.125. The van der Waals surface area contributed by atoms with Crippen molar-refractivity contribution in [2.75, 3.05) is 17.2 Å². The SMILES string of the molecule is CC(=O)c1cccc(NCC(=O)Nc2ccc(C)c(C)c2)c1. The molecule has 0 spiro atoms. The molecule has 114 valence electrons. The van der Waals surface area contributed by atoms with Crippen molar-refractivity contribution in [3.63, 3.8) is 0 Å². The predicted octanol–water partition coefficient (Wildman–Crippen LogP) is 3.56. The molecule has 4 heteroatoms. The summed E-state index contributed by atoms with van der Waals surface area (Å²) in [6.07, 6.45) is 0. The van der Waals surface area contributed by atoms with E-state index in [0.29, 0.717) is 5.56 Å². The maximum Gasteiger partial charge on any atom is 0.243 e. The Bertz CT molecular complexity index is 708. The van der Waals surface area contributed by atoms with Crippen LogP contribution in [0.15, 0.2) is 42.5 Å². The van der Waals surface area contributed by atoms with Crippen LogP contribution in [0, 0.1) is 13.8 Å². The average Bonchev–Trinajstić information content (AvgIpc) is 2.49. The monoisotopic (exact) mass is 296 g/mol. The molecule has 0 saturated heterocycles. The van der Waals surface area contributed by atoms with Crippen molar-refractivity contribution in [3.8, 4) is 0 Å². The lowest BCUT2D eigenvalue weighted by atomic mass is 10.1. The molecule has 2 rings (SSSR count). The number of aryl methyl sites for hydroxylation is 2. The number of carbonyl (C=O) groups excluding carboxylic acids is 2. The Morgan fingerprint density at radius 3 is 2.41 bits per heavy atom. The lowest BCUT2D eigenvalue weighted by molar-refractivity contribution is -0.114. The van der Waals surface area contributed by atoms with Crippen LogP contribution in [0.5, 0.6) is 0 Å². The number of hydrogen-bond acceptors (Lipinski definition) is 3. The van der Waals surface area contributed by atoms with Gasteiger partial charge in [0, 0.05) is 16.9 Å². The molecule has 0 bridgehead atoms. The number of Topliss-reactive ketones (excluding diaryl/α,β-unsaturated/α-hetero) is 1.